The van der Waals surface area contributed by atoms with Gasteiger partial charge in [-0.3, -0.25) is 4.99 Å². The van der Waals surface area contributed by atoms with Gasteiger partial charge in [-0.2, -0.15) is 0 Å². The minimum atomic E-state index is 0.570. The van der Waals surface area contributed by atoms with Crippen LogP contribution >= 0.6 is 11.8 Å². The van der Waals surface area contributed by atoms with Crippen LogP contribution in [0, 0.1) is 5.41 Å². The largest absolute Gasteiger partial charge is 0.364 e. The first-order chi connectivity index (χ1) is 8.77. The molecule has 18 heavy (non-hydrogen) atoms. The van der Waals surface area contributed by atoms with E-state index < -0.39 is 0 Å². The lowest BCUT2D eigenvalue weighted by molar-refractivity contribution is 0.328. The molecule has 0 unspecified atom stereocenters. The Balaban J connectivity index is 1.39. The number of rotatable bonds is 4. The summed E-state index contributed by atoms with van der Waals surface area (Å²) in [5.41, 5.74) is 0.570. The average molecular weight is 267 g/mol. The quantitative estimate of drug-likeness (QED) is 0.847. The van der Waals surface area contributed by atoms with E-state index >= 15 is 0 Å². The van der Waals surface area contributed by atoms with E-state index in [1.54, 1.807) is 0 Å². The van der Waals surface area contributed by atoms with Gasteiger partial charge in [-0.15, -0.1) is 0 Å². The number of hydrogen-bond donors (Lipinski definition) is 1. The third-order valence-corrected chi connectivity index (χ3v) is 5.95. The lowest BCUT2D eigenvalue weighted by Gasteiger charge is -2.31. The number of nitrogens with zero attached hydrogens (tertiary/aromatic N) is 2. The summed E-state index contributed by atoms with van der Waals surface area (Å²) in [4.78, 5) is 7.24. The average Bonchev–Trinajstić information content (AvgIpc) is 3.15. The Hall–Kier alpha value is -0.220. The highest BCUT2D eigenvalue weighted by molar-refractivity contribution is 8.13. The summed E-state index contributed by atoms with van der Waals surface area (Å²) >= 11 is 1.96. The SMILES string of the molecule is CN(CCNC1=NCC2(CCCC2)CS1)C1CC1. The van der Waals surface area contributed by atoms with E-state index in [-0.39, 0.29) is 0 Å². The molecule has 0 amide bonds. The van der Waals surface area contributed by atoms with Gasteiger partial charge < -0.3 is 10.2 Å². The van der Waals surface area contributed by atoms with E-state index in [0.29, 0.717) is 5.41 Å². The van der Waals surface area contributed by atoms with Crippen LogP contribution in [0.25, 0.3) is 0 Å². The van der Waals surface area contributed by atoms with Crippen LogP contribution in [-0.4, -0.2) is 48.5 Å². The number of likely N-dealkylation sites (N-methyl/N-ethyl adjacent to an activating group) is 1. The van der Waals surface area contributed by atoms with Gasteiger partial charge in [-0.05, 0) is 38.1 Å². The van der Waals surface area contributed by atoms with Crippen molar-refractivity contribution in [1.29, 1.82) is 0 Å². The van der Waals surface area contributed by atoms with Crippen molar-refractivity contribution in [1.82, 2.24) is 10.2 Å². The van der Waals surface area contributed by atoms with Crippen molar-refractivity contribution in [3.63, 3.8) is 0 Å². The van der Waals surface area contributed by atoms with Crippen LogP contribution in [0.1, 0.15) is 38.5 Å². The second kappa shape index (κ2) is 5.41. The van der Waals surface area contributed by atoms with Crippen LogP contribution < -0.4 is 5.32 Å². The van der Waals surface area contributed by atoms with E-state index in [9.17, 15) is 0 Å². The molecule has 0 bridgehead atoms. The molecule has 102 valence electrons. The van der Waals surface area contributed by atoms with Crippen molar-refractivity contribution in [2.24, 2.45) is 10.4 Å². The topological polar surface area (TPSA) is 27.6 Å². The molecule has 0 aromatic heterocycles. The summed E-state index contributed by atoms with van der Waals surface area (Å²) in [6, 6.07) is 0.870. The minimum absolute atomic E-state index is 0.570. The molecular formula is C14H25N3S. The maximum absolute atomic E-state index is 4.77. The van der Waals surface area contributed by atoms with Gasteiger partial charge in [0.1, 0.15) is 0 Å². The molecular weight excluding hydrogens is 242 g/mol. The molecule has 4 heteroatoms. The van der Waals surface area contributed by atoms with Crippen LogP contribution in [0.5, 0.6) is 0 Å². The lowest BCUT2D eigenvalue weighted by atomic mass is 9.89. The van der Waals surface area contributed by atoms with E-state index in [4.69, 9.17) is 4.99 Å². The molecule has 2 fully saturated rings. The third kappa shape index (κ3) is 3.02. The Morgan fingerprint density at radius 2 is 2.17 bits per heavy atom. The normalized spacial score (nSPS) is 26.7. The van der Waals surface area contributed by atoms with Gasteiger partial charge in [0.2, 0.25) is 0 Å². The zero-order valence-electron chi connectivity index (χ0n) is 11.5. The van der Waals surface area contributed by atoms with Crippen molar-refractivity contribution in [2.75, 3.05) is 32.4 Å². The first-order valence-electron chi connectivity index (χ1n) is 7.39. The Kier molecular flexibility index (Phi) is 3.85. The highest BCUT2D eigenvalue weighted by Crippen LogP contribution is 2.43. The van der Waals surface area contributed by atoms with Crippen molar-refractivity contribution in [2.45, 2.75) is 44.6 Å². The molecule has 1 heterocycles. The smallest absolute Gasteiger partial charge is 0.156 e. The molecule has 3 rings (SSSR count). The Morgan fingerprint density at radius 1 is 1.39 bits per heavy atom. The van der Waals surface area contributed by atoms with Crippen molar-refractivity contribution in [3.05, 3.63) is 0 Å². The first kappa shape index (κ1) is 12.8. The number of nitrogens with one attached hydrogen (secondary N) is 1. The molecule has 1 spiro atoms. The fraction of sp³-hybridized carbons (Fsp3) is 0.929. The highest BCUT2D eigenvalue weighted by atomic mass is 32.2. The number of thioether (sulfide) groups is 1. The molecule has 2 saturated carbocycles. The Bertz CT molecular complexity index is 319. The summed E-state index contributed by atoms with van der Waals surface area (Å²) in [5, 5.41) is 4.70. The second-order valence-corrected chi connectivity index (χ2v) is 7.22. The molecule has 2 aliphatic carbocycles. The predicted molar refractivity (Wildman–Crippen MR) is 79.3 cm³/mol. The maximum atomic E-state index is 4.77. The molecule has 0 aromatic rings. The number of amidine groups is 1. The maximum Gasteiger partial charge on any atom is 0.156 e. The molecule has 3 aliphatic rings. The fourth-order valence-corrected chi connectivity index (χ4v) is 4.31. The van der Waals surface area contributed by atoms with Gasteiger partial charge in [0, 0.05) is 31.4 Å². The van der Waals surface area contributed by atoms with Gasteiger partial charge in [-0.25, -0.2) is 0 Å². The van der Waals surface area contributed by atoms with Crippen LogP contribution in [0.2, 0.25) is 0 Å². The zero-order valence-corrected chi connectivity index (χ0v) is 12.3. The van der Waals surface area contributed by atoms with Crippen LogP contribution in [0.15, 0.2) is 4.99 Å². The first-order valence-corrected chi connectivity index (χ1v) is 8.37. The summed E-state index contributed by atoms with van der Waals surface area (Å²) in [5.74, 6) is 1.29. The van der Waals surface area contributed by atoms with Gasteiger partial charge >= 0.3 is 0 Å². The lowest BCUT2D eigenvalue weighted by Crippen LogP contribution is -2.37. The van der Waals surface area contributed by atoms with E-state index in [1.807, 2.05) is 11.8 Å². The fourth-order valence-electron chi connectivity index (χ4n) is 3.12. The number of hydrogen-bond acceptors (Lipinski definition) is 4. The Labute approximate surface area is 115 Å². The van der Waals surface area contributed by atoms with Crippen LogP contribution in [-0.2, 0) is 0 Å². The number of aliphatic imine (C=N–C) groups is 1. The molecule has 0 radical (unpaired) electrons. The van der Waals surface area contributed by atoms with Crippen LogP contribution in [0.3, 0.4) is 0 Å². The van der Waals surface area contributed by atoms with Gasteiger partial charge in [-0.1, -0.05) is 24.6 Å². The van der Waals surface area contributed by atoms with E-state index in [1.165, 1.54) is 49.4 Å². The standard InChI is InChI=1S/C14H25N3S/c1-17(12-4-5-12)9-8-15-13-16-10-14(11-18-13)6-2-3-7-14/h12H,2-11H2,1H3,(H,15,16). The van der Waals surface area contributed by atoms with Gasteiger partial charge in [0.15, 0.2) is 5.17 Å². The summed E-state index contributed by atoms with van der Waals surface area (Å²) in [6.07, 6.45) is 8.45. The zero-order chi connectivity index (χ0) is 12.4. The third-order valence-electron chi connectivity index (χ3n) is 4.65. The summed E-state index contributed by atoms with van der Waals surface area (Å²) in [6.45, 7) is 3.27. The van der Waals surface area contributed by atoms with Crippen molar-refractivity contribution in [3.8, 4) is 0 Å². The molecule has 0 aromatic carbocycles. The second-order valence-electron chi connectivity index (χ2n) is 6.26. The summed E-state index contributed by atoms with van der Waals surface area (Å²) < 4.78 is 0. The molecule has 1 N–H and O–H groups in total. The summed E-state index contributed by atoms with van der Waals surface area (Å²) in [7, 11) is 2.24. The molecule has 0 saturated heterocycles. The molecule has 0 atom stereocenters. The molecule has 1 aliphatic heterocycles. The van der Waals surface area contributed by atoms with Crippen molar-refractivity contribution < 1.29 is 0 Å². The van der Waals surface area contributed by atoms with Gasteiger partial charge in [0.05, 0.1) is 0 Å². The van der Waals surface area contributed by atoms with Crippen LogP contribution in [0.4, 0.5) is 0 Å². The van der Waals surface area contributed by atoms with E-state index in [2.05, 4.69) is 17.3 Å². The predicted octanol–water partition coefficient (Wildman–Crippen LogP) is 2.33. The monoisotopic (exact) mass is 267 g/mol. The minimum Gasteiger partial charge on any atom is -0.364 e. The van der Waals surface area contributed by atoms with Crippen molar-refractivity contribution >= 4 is 16.9 Å². The van der Waals surface area contributed by atoms with E-state index in [0.717, 1.165) is 25.7 Å². The van der Waals surface area contributed by atoms with Gasteiger partial charge in [0.25, 0.3) is 0 Å². The highest BCUT2D eigenvalue weighted by Gasteiger charge is 2.36. The Morgan fingerprint density at radius 3 is 2.78 bits per heavy atom. The molecule has 3 nitrogen and oxygen atoms in total.